The molecule has 8 aromatic rings. The zero-order valence-electron chi connectivity index (χ0n) is 19.4. The van der Waals surface area contributed by atoms with Gasteiger partial charge < -0.3 is 9.13 Å². The highest BCUT2D eigenvalue weighted by molar-refractivity contribution is 6.32. The van der Waals surface area contributed by atoms with Gasteiger partial charge in [0, 0.05) is 45.3 Å². The van der Waals surface area contributed by atoms with Crippen LogP contribution in [-0.2, 0) is 7.05 Å². The number of hydrogen-bond acceptors (Lipinski definition) is 0. The molecule has 0 unspecified atom stereocenters. The van der Waals surface area contributed by atoms with Crippen molar-refractivity contribution in [1.82, 2.24) is 9.13 Å². The average Bonchev–Trinajstić information content (AvgIpc) is 3.41. The normalized spacial score (nSPS) is 12.1. The van der Waals surface area contributed by atoms with Crippen molar-refractivity contribution >= 4 is 65.2 Å². The molecule has 2 nitrogen and oxygen atoms in total. The summed E-state index contributed by atoms with van der Waals surface area (Å²) in [5, 5.41) is 10.5. The second-order valence-corrected chi connectivity index (χ2v) is 9.44. The van der Waals surface area contributed by atoms with Crippen molar-refractivity contribution in [2.24, 2.45) is 7.05 Å². The van der Waals surface area contributed by atoms with E-state index in [4.69, 9.17) is 0 Å². The fourth-order valence-corrected chi connectivity index (χ4v) is 6.20. The summed E-state index contributed by atoms with van der Waals surface area (Å²) < 4.78 is 4.72. The number of rotatable bonds is 1. The van der Waals surface area contributed by atoms with Gasteiger partial charge in [-0.05, 0) is 57.9 Å². The summed E-state index contributed by atoms with van der Waals surface area (Å²) in [5.74, 6) is 0. The second-order valence-electron chi connectivity index (χ2n) is 9.44. The molecular formula is C33H22N2. The lowest BCUT2D eigenvalue weighted by molar-refractivity contribution is 1.01. The van der Waals surface area contributed by atoms with E-state index in [0.717, 1.165) is 0 Å². The van der Waals surface area contributed by atoms with Crippen LogP contribution in [0.2, 0.25) is 0 Å². The van der Waals surface area contributed by atoms with Crippen LogP contribution in [0, 0.1) is 0 Å². The Bertz CT molecular complexity index is 2110. The molecule has 0 N–H and O–H groups in total. The Morgan fingerprint density at radius 1 is 0.400 bits per heavy atom. The molecule has 2 aromatic heterocycles. The standard InChI is InChI=1S/C33H22N2/c1-34-27-13-7-5-11-25(27)32-24-17-15-21-16-19-30-33(31(21)23(24)18-20-29(32)34)26-12-6-8-14-28(26)35(30)22-9-3-2-4-10-22/h2-20H,1H3. The second kappa shape index (κ2) is 6.74. The Morgan fingerprint density at radius 2 is 1.00 bits per heavy atom. The van der Waals surface area contributed by atoms with Crippen molar-refractivity contribution in [2.45, 2.75) is 0 Å². The van der Waals surface area contributed by atoms with E-state index in [1.165, 1.54) is 70.8 Å². The number of hydrogen-bond donors (Lipinski definition) is 0. The molecule has 0 aliphatic rings. The Kier molecular flexibility index (Phi) is 3.62. The topological polar surface area (TPSA) is 9.86 Å². The summed E-state index contributed by atoms with van der Waals surface area (Å²) in [7, 11) is 2.17. The molecule has 0 aliphatic carbocycles. The number of fused-ring (bicyclic) bond motifs is 11. The first kappa shape index (κ1) is 18.8. The summed E-state index contributed by atoms with van der Waals surface area (Å²) in [6.45, 7) is 0. The van der Waals surface area contributed by atoms with Crippen molar-refractivity contribution < 1.29 is 0 Å². The number of para-hydroxylation sites is 3. The van der Waals surface area contributed by atoms with Crippen molar-refractivity contribution in [1.29, 1.82) is 0 Å². The summed E-state index contributed by atoms with van der Waals surface area (Å²) in [6.07, 6.45) is 0. The molecule has 0 fully saturated rings. The molecule has 0 bridgehead atoms. The third kappa shape index (κ3) is 2.38. The molecule has 0 spiro atoms. The van der Waals surface area contributed by atoms with Gasteiger partial charge in [0.1, 0.15) is 0 Å². The number of aryl methyl sites for hydroxylation is 1. The van der Waals surface area contributed by atoms with Crippen molar-refractivity contribution in [3.8, 4) is 5.69 Å². The van der Waals surface area contributed by atoms with E-state index in [0.29, 0.717) is 0 Å². The summed E-state index contributed by atoms with van der Waals surface area (Å²) in [4.78, 5) is 0. The van der Waals surface area contributed by atoms with E-state index in [1.807, 2.05) is 0 Å². The third-order valence-corrected chi connectivity index (χ3v) is 7.70. The first-order valence-electron chi connectivity index (χ1n) is 12.1. The van der Waals surface area contributed by atoms with Crippen LogP contribution in [0.4, 0.5) is 0 Å². The number of aromatic nitrogens is 2. The molecule has 0 atom stereocenters. The minimum atomic E-state index is 1.19. The smallest absolute Gasteiger partial charge is 0.0547 e. The monoisotopic (exact) mass is 446 g/mol. The summed E-state index contributed by atoms with van der Waals surface area (Å²) in [5.41, 5.74) is 6.22. The number of nitrogens with zero attached hydrogens (tertiary/aromatic N) is 2. The predicted octanol–water partition coefficient (Wildman–Crippen LogP) is 8.74. The zero-order valence-corrected chi connectivity index (χ0v) is 19.4. The molecule has 0 saturated heterocycles. The van der Waals surface area contributed by atoms with E-state index in [-0.39, 0.29) is 0 Å². The lowest BCUT2D eigenvalue weighted by atomic mass is 9.95. The molecular weight excluding hydrogens is 424 g/mol. The Morgan fingerprint density at radius 3 is 1.83 bits per heavy atom. The molecule has 0 radical (unpaired) electrons. The summed E-state index contributed by atoms with van der Waals surface area (Å²) >= 11 is 0. The molecule has 0 amide bonds. The molecule has 164 valence electrons. The first-order valence-corrected chi connectivity index (χ1v) is 12.1. The van der Waals surface area contributed by atoms with Crippen LogP contribution in [0.15, 0.2) is 115 Å². The van der Waals surface area contributed by atoms with E-state index in [9.17, 15) is 0 Å². The molecule has 2 heterocycles. The molecule has 6 aromatic carbocycles. The first-order chi connectivity index (χ1) is 17.3. The maximum absolute atomic E-state index is 2.40. The Hall–Kier alpha value is -4.56. The molecule has 2 heteroatoms. The third-order valence-electron chi connectivity index (χ3n) is 7.70. The van der Waals surface area contributed by atoms with Gasteiger partial charge in [0.15, 0.2) is 0 Å². The van der Waals surface area contributed by atoms with Crippen LogP contribution in [0.1, 0.15) is 0 Å². The van der Waals surface area contributed by atoms with Gasteiger partial charge in [-0.25, -0.2) is 0 Å². The van der Waals surface area contributed by atoms with E-state index in [1.54, 1.807) is 0 Å². The maximum Gasteiger partial charge on any atom is 0.0547 e. The molecule has 8 rings (SSSR count). The molecule has 0 aliphatic heterocycles. The van der Waals surface area contributed by atoms with Crippen LogP contribution in [0.25, 0.3) is 70.8 Å². The van der Waals surface area contributed by atoms with Gasteiger partial charge in [0.05, 0.1) is 11.0 Å². The highest BCUT2D eigenvalue weighted by Crippen LogP contribution is 2.42. The fraction of sp³-hybridized carbons (Fsp3) is 0.0303. The molecule has 0 saturated carbocycles. The van der Waals surface area contributed by atoms with Gasteiger partial charge >= 0.3 is 0 Å². The average molecular weight is 447 g/mol. The van der Waals surface area contributed by atoms with E-state index < -0.39 is 0 Å². The summed E-state index contributed by atoms with van der Waals surface area (Å²) in [6, 6.07) is 42.0. The SMILES string of the molecule is Cn1c2ccccc2c2c3ccc4ccc5c(c6ccccc6n5-c5ccccc5)c4c3ccc21. The van der Waals surface area contributed by atoms with Crippen LogP contribution in [0.5, 0.6) is 0 Å². The van der Waals surface area contributed by atoms with E-state index in [2.05, 4.69) is 131 Å². The fourth-order valence-electron chi connectivity index (χ4n) is 6.20. The van der Waals surface area contributed by atoms with Gasteiger partial charge in [-0.15, -0.1) is 0 Å². The minimum absolute atomic E-state index is 1.19. The molecule has 35 heavy (non-hydrogen) atoms. The lowest BCUT2D eigenvalue weighted by Gasteiger charge is -2.10. The van der Waals surface area contributed by atoms with Crippen LogP contribution >= 0.6 is 0 Å². The zero-order chi connectivity index (χ0) is 23.1. The maximum atomic E-state index is 2.40. The van der Waals surface area contributed by atoms with Crippen molar-refractivity contribution in [2.75, 3.05) is 0 Å². The lowest BCUT2D eigenvalue weighted by Crippen LogP contribution is -1.92. The van der Waals surface area contributed by atoms with Gasteiger partial charge in [-0.1, -0.05) is 78.9 Å². The van der Waals surface area contributed by atoms with Gasteiger partial charge in [0.2, 0.25) is 0 Å². The van der Waals surface area contributed by atoms with E-state index >= 15 is 0 Å². The van der Waals surface area contributed by atoms with Crippen LogP contribution < -0.4 is 0 Å². The van der Waals surface area contributed by atoms with Gasteiger partial charge in [-0.3, -0.25) is 0 Å². The van der Waals surface area contributed by atoms with Crippen molar-refractivity contribution in [3.63, 3.8) is 0 Å². The van der Waals surface area contributed by atoms with Crippen LogP contribution in [0.3, 0.4) is 0 Å². The van der Waals surface area contributed by atoms with Gasteiger partial charge in [0.25, 0.3) is 0 Å². The van der Waals surface area contributed by atoms with Crippen molar-refractivity contribution in [3.05, 3.63) is 115 Å². The highest BCUT2D eigenvalue weighted by atomic mass is 15.0. The van der Waals surface area contributed by atoms with Crippen LogP contribution in [-0.4, -0.2) is 9.13 Å². The minimum Gasteiger partial charge on any atom is -0.344 e. The Balaban J connectivity index is 1.64. The predicted molar refractivity (Wildman–Crippen MR) is 150 cm³/mol. The largest absolute Gasteiger partial charge is 0.344 e. The number of benzene rings is 6. The highest BCUT2D eigenvalue weighted by Gasteiger charge is 2.18. The Labute approximate surface area is 202 Å². The quantitative estimate of drug-likeness (QED) is 0.223. The van der Waals surface area contributed by atoms with Gasteiger partial charge in [-0.2, -0.15) is 0 Å².